The van der Waals surface area contributed by atoms with Crippen molar-refractivity contribution in [2.24, 2.45) is 5.73 Å². The van der Waals surface area contributed by atoms with E-state index < -0.39 is 17.9 Å². The molecule has 1 unspecified atom stereocenters. The summed E-state index contributed by atoms with van der Waals surface area (Å²) in [6.07, 6.45) is -0.0358. The van der Waals surface area contributed by atoms with Gasteiger partial charge in [0.15, 0.2) is 0 Å². The summed E-state index contributed by atoms with van der Waals surface area (Å²) in [5.74, 6) is -1.37. The summed E-state index contributed by atoms with van der Waals surface area (Å²) in [6, 6.07) is 6.98. The van der Waals surface area contributed by atoms with Crippen LogP contribution in [0.2, 0.25) is 0 Å². The molecule has 1 amide bonds. The molecule has 0 spiro atoms. The third-order valence-electron chi connectivity index (χ3n) is 2.87. The fourth-order valence-electron chi connectivity index (χ4n) is 1.78. The van der Waals surface area contributed by atoms with E-state index in [1.807, 2.05) is 31.2 Å². The highest BCUT2D eigenvalue weighted by Gasteiger charge is 2.21. The van der Waals surface area contributed by atoms with Gasteiger partial charge in [-0.3, -0.25) is 9.59 Å². The molecule has 0 radical (unpaired) electrons. The van der Waals surface area contributed by atoms with Gasteiger partial charge in [0.25, 0.3) is 0 Å². The van der Waals surface area contributed by atoms with Crippen LogP contribution >= 0.6 is 0 Å². The van der Waals surface area contributed by atoms with E-state index in [1.165, 1.54) is 0 Å². The minimum absolute atomic E-state index is 0.0358. The number of primary amides is 1. The zero-order valence-electron chi connectivity index (χ0n) is 10.6. The first kappa shape index (κ1) is 14.0. The Bertz CT molecular complexity index is 446. The van der Waals surface area contributed by atoms with Crippen molar-refractivity contribution in [3.63, 3.8) is 0 Å². The number of nitrogens with two attached hydrogens (primary N) is 1. The van der Waals surface area contributed by atoms with Gasteiger partial charge in [-0.15, -0.1) is 0 Å². The molecule has 18 heavy (non-hydrogen) atoms. The maximum absolute atomic E-state index is 11.3. The second-order valence-corrected chi connectivity index (χ2v) is 4.20. The smallest absolute Gasteiger partial charge is 0.305 e. The summed E-state index contributed by atoms with van der Waals surface area (Å²) < 4.78 is 0. The molecule has 0 aromatic heterocycles. The van der Waals surface area contributed by atoms with E-state index >= 15 is 0 Å². The van der Waals surface area contributed by atoms with Crippen molar-refractivity contribution >= 4 is 17.6 Å². The van der Waals surface area contributed by atoms with E-state index in [0.29, 0.717) is 0 Å². The van der Waals surface area contributed by atoms with E-state index in [-0.39, 0.29) is 13.0 Å². The molecule has 0 fully saturated rings. The van der Waals surface area contributed by atoms with Crippen LogP contribution in [-0.2, 0) is 9.59 Å². The molecule has 0 aliphatic heterocycles. The molecule has 1 atom stereocenters. The number of carboxylic acids is 1. The van der Waals surface area contributed by atoms with Crippen LogP contribution in [0.15, 0.2) is 24.3 Å². The molecule has 1 rings (SSSR count). The van der Waals surface area contributed by atoms with Crippen LogP contribution in [0.1, 0.15) is 18.9 Å². The summed E-state index contributed by atoms with van der Waals surface area (Å²) in [5, 5.41) is 8.76. The Morgan fingerprint density at radius 2 is 2.00 bits per heavy atom. The molecule has 0 aliphatic carbocycles. The molecule has 5 heteroatoms. The molecular weight excluding hydrogens is 232 g/mol. The van der Waals surface area contributed by atoms with Gasteiger partial charge in [0.1, 0.15) is 6.04 Å². The third-order valence-corrected chi connectivity index (χ3v) is 2.87. The van der Waals surface area contributed by atoms with Crippen LogP contribution in [0.5, 0.6) is 0 Å². The number of aliphatic carboxylic acids is 1. The van der Waals surface area contributed by atoms with Gasteiger partial charge in [-0.1, -0.05) is 18.2 Å². The number of carboxylic acid groups (broad SMARTS) is 1. The largest absolute Gasteiger partial charge is 0.481 e. The van der Waals surface area contributed by atoms with E-state index in [9.17, 15) is 9.59 Å². The van der Waals surface area contributed by atoms with E-state index in [2.05, 4.69) is 0 Å². The van der Waals surface area contributed by atoms with Crippen molar-refractivity contribution in [1.82, 2.24) is 0 Å². The lowest BCUT2D eigenvalue weighted by atomic mass is 10.1. The summed E-state index contributed by atoms with van der Waals surface area (Å²) in [4.78, 5) is 23.7. The van der Waals surface area contributed by atoms with E-state index in [0.717, 1.165) is 11.3 Å². The number of hydrogen-bond acceptors (Lipinski definition) is 3. The van der Waals surface area contributed by atoms with Crippen LogP contribution in [-0.4, -0.2) is 29.6 Å². The van der Waals surface area contributed by atoms with Crippen molar-refractivity contribution in [3.05, 3.63) is 29.8 Å². The number of carbonyl (C=O) groups excluding carboxylic acids is 1. The van der Waals surface area contributed by atoms with Crippen molar-refractivity contribution in [2.45, 2.75) is 26.3 Å². The van der Waals surface area contributed by atoms with Crippen LogP contribution in [0.3, 0.4) is 0 Å². The summed E-state index contributed by atoms with van der Waals surface area (Å²) in [7, 11) is 0. The molecule has 98 valence electrons. The Labute approximate surface area is 106 Å². The number of rotatable bonds is 6. The maximum Gasteiger partial charge on any atom is 0.305 e. The molecule has 5 nitrogen and oxygen atoms in total. The first-order chi connectivity index (χ1) is 8.43. The second-order valence-electron chi connectivity index (χ2n) is 4.20. The van der Waals surface area contributed by atoms with Gasteiger partial charge in [-0.25, -0.2) is 0 Å². The lowest BCUT2D eigenvalue weighted by molar-refractivity contribution is -0.137. The second kappa shape index (κ2) is 6.05. The van der Waals surface area contributed by atoms with Gasteiger partial charge in [0.05, 0.1) is 6.42 Å². The van der Waals surface area contributed by atoms with Gasteiger partial charge in [0.2, 0.25) is 5.91 Å². The number of anilines is 1. The Hall–Kier alpha value is -2.04. The van der Waals surface area contributed by atoms with Gasteiger partial charge in [0, 0.05) is 12.2 Å². The molecule has 0 bridgehead atoms. The van der Waals surface area contributed by atoms with Crippen LogP contribution in [0.25, 0.3) is 0 Å². The zero-order valence-corrected chi connectivity index (χ0v) is 10.6. The van der Waals surface area contributed by atoms with Crippen LogP contribution in [0.4, 0.5) is 5.69 Å². The highest BCUT2D eigenvalue weighted by atomic mass is 16.4. The Morgan fingerprint density at radius 1 is 1.39 bits per heavy atom. The average Bonchev–Trinajstić information content (AvgIpc) is 2.30. The third kappa shape index (κ3) is 3.48. The lowest BCUT2D eigenvalue weighted by Gasteiger charge is -2.30. The monoisotopic (exact) mass is 250 g/mol. The molecule has 1 aromatic carbocycles. The van der Waals surface area contributed by atoms with E-state index in [4.69, 9.17) is 10.8 Å². The molecule has 3 N–H and O–H groups in total. The van der Waals surface area contributed by atoms with Crippen LogP contribution < -0.4 is 10.6 Å². The van der Waals surface area contributed by atoms with Crippen LogP contribution in [0, 0.1) is 6.92 Å². The predicted octanol–water partition coefficient (Wildman–Crippen LogP) is 1.15. The zero-order chi connectivity index (χ0) is 13.7. The number of para-hydroxylation sites is 1. The number of nitrogens with zero attached hydrogens (tertiary/aromatic N) is 1. The Kier molecular flexibility index (Phi) is 4.71. The number of amides is 1. The molecule has 1 aromatic rings. The van der Waals surface area contributed by atoms with Crippen molar-refractivity contribution < 1.29 is 14.7 Å². The fraction of sp³-hybridized carbons (Fsp3) is 0.385. The minimum atomic E-state index is -0.898. The number of carbonyl (C=O) groups is 2. The summed E-state index contributed by atoms with van der Waals surface area (Å²) in [5.41, 5.74) is 7.12. The predicted molar refractivity (Wildman–Crippen MR) is 69.4 cm³/mol. The summed E-state index contributed by atoms with van der Waals surface area (Å²) in [6.45, 7) is 3.84. The molecule has 0 aliphatic rings. The van der Waals surface area contributed by atoms with Gasteiger partial charge < -0.3 is 15.7 Å². The Balaban J connectivity index is 3.00. The minimum Gasteiger partial charge on any atom is -0.481 e. The fourth-order valence-corrected chi connectivity index (χ4v) is 1.78. The van der Waals surface area contributed by atoms with Gasteiger partial charge in [-0.05, 0) is 25.5 Å². The topological polar surface area (TPSA) is 83.6 Å². The Morgan fingerprint density at radius 3 is 2.50 bits per heavy atom. The van der Waals surface area contributed by atoms with Gasteiger partial charge >= 0.3 is 5.97 Å². The van der Waals surface area contributed by atoms with Crippen molar-refractivity contribution in [2.75, 3.05) is 11.4 Å². The average molecular weight is 250 g/mol. The number of hydrogen-bond donors (Lipinski definition) is 2. The normalized spacial score (nSPS) is 11.9. The van der Waals surface area contributed by atoms with Gasteiger partial charge in [-0.2, -0.15) is 0 Å². The molecule has 0 saturated heterocycles. The quantitative estimate of drug-likeness (QED) is 0.793. The van der Waals surface area contributed by atoms with Crippen molar-refractivity contribution in [3.8, 4) is 0 Å². The molecule has 0 heterocycles. The standard InChI is InChI=1S/C13H18N2O3/c1-9-5-3-4-6-11(9)15(8-7-12(16)17)10(2)13(14)18/h3-6,10H,7-8H2,1-2H3,(H2,14,18)(H,16,17). The first-order valence-corrected chi connectivity index (χ1v) is 5.77. The van der Waals surface area contributed by atoms with E-state index in [1.54, 1.807) is 11.8 Å². The summed E-state index contributed by atoms with van der Waals surface area (Å²) >= 11 is 0. The first-order valence-electron chi connectivity index (χ1n) is 5.77. The molecule has 0 saturated carbocycles. The number of aryl methyl sites for hydroxylation is 1. The SMILES string of the molecule is Cc1ccccc1N(CCC(=O)O)C(C)C(N)=O. The number of benzene rings is 1. The highest BCUT2D eigenvalue weighted by Crippen LogP contribution is 2.21. The lowest BCUT2D eigenvalue weighted by Crippen LogP contribution is -2.44. The highest BCUT2D eigenvalue weighted by molar-refractivity contribution is 5.83. The van der Waals surface area contributed by atoms with Crippen molar-refractivity contribution in [1.29, 1.82) is 0 Å². The maximum atomic E-state index is 11.3. The molecular formula is C13H18N2O3.